The standard InChI is InChI=1S/C15H16O2/c1-3-17-15(11(2)16)14-10-6-8-12-7-4-5-9-13(12)14/h4-10,15H,3H2,1-2H3. The maximum Gasteiger partial charge on any atom is 0.163 e. The van der Waals surface area contributed by atoms with Crippen molar-refractivity contribution in [3.63, 3.8) is 0 Å². The number of benzene rings is 2. The molecular formula is C15H16O2. The van der Waals surface area contributed by atoms with Crippen LogP contribution in [0.15, 0.2) is 42.5 Å². The number of fused-ring (bicyclic) bond motifs is 1. The van der Waals surface area contributed by atoms with Gasteiger partial charge in [0.15, 0.2) is 5.78 Å². The first-order valence-electron chi connectivity index (χ1n) is 5.83. The van der Waals surface area contributed by atoms with E-state index < -0.39 is 6.10 Å². The van der Waals surface area contributed by atoms with E-state index in [-0.39, 0.29) is 5.78 Å². The highest BCUT2D eigenvalue weighted by atomic mass is 16.5. The average molecular weight is 228 g/mol. The molecular weight excluding hydrogens is 212 g/mol. The Bertz CT molecular complexity index is 526. The molecule has 2 nitrogen and oxygen atoms in total. The molecule has 88 valence electrons. The monoisotopic (exact) mass is 228 g/mol. The number of Topliss-reactive ketones (excluding diaryl/α,β-unsaturated/α-hetero) is 1. The van der Waals surface area contributed by atoms with Crippen molar-refractivity contribution in [1.82, 2.24) is 0 Å². The van der Waals surface area contributed by atoms with E-state index in [0.29, 0.717) is 6.61 Å². The van der Waals surface area contributed by atoms with Gasteiger partial charge in [0.25, 0.3) is 0 Å². The average Bonchev–Trinajstić information content (AvgIpc) is 2.35. The lowest BCUT2D eigenvalue weighted by atomic mass is 9.98. The molecule has 0 saturated heterocycles. The predicted octanol–water partition coefficient (Wildman–Crippen LogP) is 3.51. The topological polar surface area (TPSA) is 26.3 Å². The van der Waals surface area contributed by atoms with Gasteiger partial charge in [-0.2, -0.15) is 0 Å². The Morgan fingerprint density at radius 1 is 1.18 bits per heavy atom. The molecule has 0 amide bonds. The fraction of sp³-hybridized carbons (Fsp3) is 0.267. The molecule has 2 heteroatoms. The zero-order valence-electron chi connectivity index (χ0n) is 10.1. The van der Waals surface area contributed by atoms with Crippen LogP contribution in [0.1, 0.15) is 25.5 Å². The molecule has 2 rings (SSSR count). The van der Waals surface area contributed by atoms with Crippen molar-refractivity contribution in [1.29, 1.82) is 0 Å². The maximum absolute atomic E-state index is 11.7. The van der Waals surface area contributed by atoms with Crippen LogP contribution in [0.25, 0.3) is 10.8 Å². The van der Waals surface area contributed by atoms with Crippen molar-refractivity contribution >= 4 is 16.6 Å². The lowest BCUT2D eigenvalue weighted by Gasteiger charge is -2.16. The van der Waals surface area contributed by atoms with Crippen molar-refractivity contribution < 1.29 is 9.53 Å². The van der Waals surface area contributed by atoms with Gasteiger partial charge in [0.2, 0.25) is 0 Å². The molecule has 0 saturated carbocycles. The molecule has 0 bridgehead atoms. The van der Waals surface area contributed by atoms with Gasteiger partial charge in [0.1, 0.15) is 6.10 Å². The zero-order chi connectivity index (χ0) is 12.3. The Morgan fingerprint density at radius 3 is 2.59 bits per heavy atom. The van der Waals surface area contributed by atoms with E-state index in [1.165, 1.54) is 0 Å². The van der Waals surface area contributed by atoms with Gasteiger partial charge in [-0.25, -0.2) is 0 Å². The van der Waals surface area contributed by atoms with Crippen LogP contribution in [0.4, 0.5) is 0 Å². The molecule has 0 N–H and O–H groups in total. The first kappa shape index (κ1) is 11.8. The van der Waals surface area contributed by atoms with Gasteiger partial charge in [-0.15, -0.1) is 0 Å². The second-order valence-electron chi connectivity index (χ2n) is 4.01. The van der Waals surface area contributed by atoms with Crippen LogP contribution in [0.2, 0.25) is 0 Å². The summed E-state index contributed by atoms with van der Waals surface area (Å²) in [5.74, 6) is 0.0446. The number of rotatable bonds is 4. The molecule has 17 heavy (non-hydrogen) atoms. The van der Waals surface area contributed by atoms with Crippen LogP contribution in [-0.2, 0) is 9.53 Å². The van der Waals surface area contributed by atoms with Crippen molar-refractivity contribution in [2.24, 2.45) is 0 Å². The number of ketones is 1. The molecule has 1 unspecified atom stereocenters. The Morgan fingerprint density at radius 2 is 1.88 bits per heavy atom. The zero-order valence-corrected chi connectivity index (χ0v) is 10.1. The summed E-state index contributed by atoms with van der Waals surface area (Å²) >= 11 is 0. The van der Waals surface area contributed by atoms with Crippen LogP contribution < -0.4 is 0 Å². The van der Waals surface area contributed by atoms with Crippen LogP contribution in [-0.4, -0.2) is 12.4 Å². The molecule has 0 aliphatic rings. The van der Waals surface area contributed by atoms with Crippen LogP contribution in [0, 0.1) is 0 Å². The summed E-state index contributed by atoms with van der Waals surface area (Å²) in [6.07, 6.45) is -0.453. The molecule has 0 aliphatic carbocycles. The highest BCUT2D eigenvalue weighted by Crippen LogP contribution is 2.27. The van der Waals surface area contributed by atoms with Crippen LogP contribution >= 0.6 is 0 Å². The van der Waals surface area contributed by atoms with Crippen molar-refractivity contribution in [2.75, 3.05) is 6.61 Å². The van der Waals surface area contributed by atoms with E-state index in [1.807, 2.05) is 49.4 Å². The van der Waals surface area contributed by atoms with Crippen molar-refractivity contribution in [3.8, 4) is 0 Å². The Kier molecular flexibility index (Phi) is 3.55. The van der Waals surface area contributed by atoms with Crippen molar-refractivity contribution in [2.45, 2.75) is 20.0 Å². The third kappa shape index (κ3) is 2.37. The summed E-state index contributed by atoms with van der Waals surface area (Å²) in [5.41, 5.74) is 0.956. The number of ether oxygens (including phenoxy) is 1. The lowest BCUT2D eigenvalue weighted by Crippen LogP contribution is -2.13. The molecule has 0 spiro atoms. The molecule has 0 fully saturated rings. The highest BCUT2D eigenvalue weighted by Gasteiger charge is 2.18. The molecule has 0 heterocycles. The van der Waals surface area contributed by atoms with E-state index in [4.69, 9.17) is 4.74 Å². The summed E-state index contributed by atoms with van der Waals surface area (Å²) in [6, 6.07) is 14.0. The van der Waals surface area contributed by atoms with E-state index in [1.54, 1.807) is 6.92 Å². The van der Waals surface area contributed by atoms with Crippen LogP contribution in [0.5, 0.6) is 0 Å². The van der Waals surface area contributed by atoms with Gasteiger partial charge < -0.3 is 4.74 Å². The fourth-order valence-corrected chi connectivity index (χ4v) is 2.07. The van der Waals surface area contributed by atoms with E-state index in [9.17, 15) is 4.79 Å². The third-order valence-electron chi connectivity index (χ3n) is 2.81. The first-order valence-corrected chi connectivity index (χ1v) is 5.83. The maximum atomic E-state index is 11.7. The number of carbonyl (C=O) groups excluding carboxylic acids is 1. The second kappa shape index (κ2) is 5.11. The summed E-state index contributed by atoms with van der Waals surface area (Å²) < 4.78 is 5.55. The smallest absolute Gasteiger partial charge is 0.163 e. The normalized spacial score (nSPS) is 12.6. The fourth-order valence-electron chi connectivity index (χ4n) is 2.07. The molecule has 1 atom stereocenters. The second-order valence-corrected chi connectivity index (χ2v) is 4.01. The third-order valence-corrected chi connectivity index (χ3v) is 2.81. The van der Waals surface area contributed by atoms with Gasteiger partial charge in [0.05, 0.1) is 0 Å². The minimum absolute atomic E-state index is 0.0446. The van der Waals surface area contributed by atoms with Gasteiger partial charge in [0, 0.05) is 6.61 Å². The van der Waals surface area contributed by atoms with Gasteiger partial charge in [-0.3, -0.25) is 4.79 Å². The number of hydrogen-bond donors (Lipinski definition) is 0. The highest BCUT2D eigenvalue weighted by molar-refractivity contribution is 5.92. The van der Waals surface area contributed by atoms with E-state index in [2.05, 4.69) is 0 Å². The SMILES string of the molecule is CCOC(C(C)=O)c1cccc2ccccc12. The van der Waals surface area contributed by atoms with Gasteiger partial charge >= 0.3 is 0 Å². The molecule has 2 aromatic rings. The summed E-state index contributed by atoms with van der Waals surface area (Å²) in [7, 11) is 0. The van der Waals surface area contributed by atoms with Gasteiger partial charge in [-0.1, -0.05) is 42.5 Å². The summed E-state index contributed by atoms with van der Waals surface area (Å²) in [6.45, 7) is 4.01. The molecule has 0 aliphatic heterocycles. The Hall–Kier alpha value is -1.67. The minimum atomic E-state index is -0.453. The van der Waals surface area contributed by atoms with Crippen LogP contribution in [0.3, 0.4) is 0 Å². The lowest BCUT2D eigenvalue weighted by molar-refractivity contribution is -0.128. The Labute approximate surface area is 101 Å². The quantitative estimate of drug-likeness (QED) is 0.800. The summed E-state index contributed by atoms with van der Waals surface area (Å²) in [5, 5.41) is 2.22. The molecule has 0 aromatic heterocycles. The van der Waals surface area contributed by atoms with Gasteiger partial charge in [-0.05, 0) is 30.2 Å². The Balaban J connectivity index is 2.56. The minimum Gasteiger partial charge on any atom is -0.366 e. The van der Waals surface area contributed by atoms with E-state index >= 15 is 0 Å². The molecule has 0 radical (unpaired) electrons. The first-order chi connectivity index (χ1) is 8.24. The predicted molar refractivity (Wildman–Crippen MR) is 69.0 cm³/mol. The number of hydrogen-bond acceptors (Lipinski definition) is 2. The van der Waals surface area contributed by atoms with E-state index in [0.717, 1.165) is 16.3 Å². The largest absolute Gasteiger partial charge is 0.366 e. The molecule has 2 aromatic carbocycles. The van der Waals surface area contributed by atoms with Crippen molar-refractivity contribution in [3.05, 3.63) is 48.0 Å². The summed E-state index contributed by atoms with van der Waals surface area (Å²) in [4.78, 5) is 11.7. The number of carbonyl (C=O) groups is 1.